The standard InChI is InChI=1S/C18H21ClN4O/c1-2-15-8-3-4-11-23(15)17-10-9-16(21-22-17)18(24)20-14-7-5-6-13(19)12-14/h5-7,9-10,12,15H,2-4,8,11H2,1H3,(H,20,24). The number of rotatable bonds is 4. The number of amides is 1. The van der Waals surface area contributed by atoms with Gasteiger partial charge in [-0.3, -0.25) is 4.79 Å². The third-order valence-corrected chi connectivity index (χ3v) is 4.59. The lowest BCUT2D eigenvalue weighted by molar-refractivity contribution is 0.102. The van der Waals surface area contributed by atoms with Gasteiger partial charge in [0.2, 0.25) is 0 Å². The van der Waals surface area contributed by atoms with Crippen molar-refractivity contribution in [3.8, 4) is 0 Å². The quantitative estimate of drug-likeness (QED) is 0.905. The van der Waals surface area contributed by atoms with Crippen LogP contribution in [-0.2, 0) is 0 Å². The Kier molecular flexibility index (Phi) is 5.30. The first kappa shape index (κ1) is 16.7. The lowest BCUT2D eigenvalue weighted by Gasteiger charge is -2.35. The molecule has 1 aromatic carbocycles. The summed E-state index contributed by atoms with van der Waals surface area (Å²) in [5.41, 5.74) is 0.934. The number of benzene rings is 1. The molecule has 1 amide bonds. The molecule has 0 bridgehead atoms. The number of carbonyl (C=O) groups is 1. The second-order valence-corrected chi connectivity index (χ2v) is 6.43. The Morgan fingerprint density at radius 1 is 1.29 bits per heavy atom. The number of hydrogen-bond acceptors (Lipinski definition) is 4. The number of hydrogen-bond donors (Lipinski definition) is 1. The molecule has 0 radical (unpaired) electrons. The monoisotopic (exact) mass is 344 g/mol. The van der Waals surface area contributed by atoms with E-state index >= 15 is 0 Å². The van der Waals surface area contributed by atoms with Crippen LogP contribution in [0.2, 0.25) is 5.02 Å². The Morgan fingerprint density at radius 3 is 2.88 bits per heavy atom. The van der Waals surface area contributed by atoms with Gasteiger partial charge < -0.3 is 10.2 Å². The van der Waals surface area contributed by atoms with Crippen molar-refractivity contribution in [1.29, 1.82) is 0 Å². The maximum Gasteiger partial charge on any atom is 0.276 e. The fourth-order valence-corrected chi connectivity index (χ4v) is 3.28. The maximum atomic E-state index is 12.3. The van der Waals surface area contributed by atoms with Crippen LogP contribution < -0.4 is 10.2 Å². The second kappa shape index (κ2) is 7.62. The zero-order chi connectivity index (χ0) is 16.9. The number of nitrogens with zero attached hydrogens (tertiary/aromatic N) is 3. The first-order valence-corrected chi connectivity index (χ1v) is 8.72. The van der Waals surface area contributed by atoms with Crippen LogP contribution in [0, 0.1) is 0 Å². The minimum absolute atomic E-state index is 0.290. The predicted octanol–water partition coefficient (Wildman–Crippen LogP) is 4.15. The zero-order valence-corrected chi connectivity index (χ0v) is 14.5. The van der Waals surface area contributed by atoms with Crippen molar-refractivity contribution < 1.29 is 4.79 Å². The molecule has 0 saturated carbocycles. The third kappa shape index (κ3) is 3.85. The van der Waals surface area contributed by atoms with E-state index in [2.05, 4.69) is 27.3 Å². The smallest absolute Gasteiger partial charge is 0.276 e. The van der Waals surface area contributed by atoms with Gasteiger partial charge in [0.05, 0.1) is 0 Å². The van der Waals surface area contributed by atoms with E-state index < -0.39 is 0 Å². The molecule has 5 nitrogen and oxygen atoms in total. The van der Waals surface area contributed by atoms with Gasteiger partial charge in [0.1, 0.15) is 0 Å². The van der Waals surface area contributed by atoms with Gasteiger partial charge in [-0.1, -0.05) is 24.6 Å². The van der Waals surface area contributed by atoms with Gasteiger partial charge in [0.15, 0.2) is 11.5 Å². The number of carbonyl (C=O) groups excluding carboxylic acids is 1. The van der Waals surface area contributed by atoms with Gasteiger partial charge in [-0.05, 0) is 56.0 Å². The lowest BCUT2D eigenvalue weighted by Crippen LogP contribution is -2.39. The first-order valence-electron chi connectivity index (χ1n) is 8.34. The molecule has 2 aromatic rings. The third-order valence-electron chi connectivity index (χ3n) is 4.36. The fraction of sp³-hybridized carbons (Fsp3) is 0.389. The van der Waals surface area contributed by atoms with Crippen molar-refractivity contribution in [2.24, 2.45) is 0 Å². The number of aromatic nitrogens is 2. The van der Waals surface area contributed by atoms with Crippen LogP contribution in [0.15, 0.2) is 36.4 Å². The molecule has 1 aromatic heterocycles. The highest BCUT2D eigenvalue weighted by molar-refractivity contribution is 6.30. The molecule has 0 aliphatic carbocycles. The summed E-state index contributed by atoms with van der Waals surface area (Å²) >= 11 is 5.92. The van der Waals surface area contributed by atoms with E-state index in [0.717, 1.165) is 18.8 Å². The van der Waals surface area contributed by atoms with Crippen molar-refractivity contribution >= 4 is 29.0 Å². The highest BCUT2D eigenvalue weighted by atomic mass is 35.5. The van der Waals surface area contributed by atoms with E-state index in [9.17, 15) is 4.79 Å². The summed E-state index contributed by atoms with van der Waals surface area (Å²) in [5.74, 6) is 0.558. The summed E-state index contributed by atoms with van der Waals surface area (Å²) in [5, 5.41) is 11.7. The van der Waals surface area contributed by atoms with E-state index in [4.69, 9.17) is 11.6 Å². The summed E-state index contributed by atoms with van der Waals surface area (Å²) in [6.07, 6.45) is 4.73. The van der Waals surface area contributed by atoms with Crippen LogP contribution in [0.25, 0.3) is 0 Å². The number of anilines is 2. The van der Waals surface area contributed by atoms with Crippen molar-refractivity contribution in [2.75, 3.05) is 16.8 Å². The molecule has 1 fully saturated rings. The molecular weight excluding hydrogens is 324 g/mol. The molecule has 1 N–H and O–H groups in total. The molecule has 1 atom stereocenters. The number of piperidine rings is 1. The summed E-state index contributed by atoms with van der Waals surface area (Å²) < 4.78 is 0. The molecule has 3 rings (SSSR count). The van der Waals surface area contributed by atoms with Crippen LogP contribution >= 0.6 is 11.6 Å². The maximum absolute atomic E-state index is 12.3. The van der Waals surface area contributed by atoms with Gasteiger partial charge in [-0.2, -0.15) is 0 Å². The Balaban J connectivity index is 1.70. The van der Waals surface area contributed by atoms with Gasteiger partial charge in [-0.25, -0.2) is 0 Å². The summed E-state index contributed by atoms with van der Waals surface area (Å²) in [6.45, 7) is 3.20. The Labute approximate surface area is 147 Å². The van der Waals surface area contributed by atoms with Crippen LogP contribution in [0.3, 0.4) is 0 Å². The molecule has 1 aliphatic rings. The van der Waals surface area contributed by atoms with E-state index in [-0.39, 0.29) is 5.91 Å². The van der Waals surface area contributed by atoms with Crippen molar-refractivity contribution in [3.05, 3.63) is 47.1 Å². The van der Waals surface area contributed by atoms with E-state index in [1.165, 1.54) is 19.3 Å². The lowest BCUT2D eigenvalue weighted by atomic mass is 10.0. The molecule has 2 heterocycles. The second-order valence-electron chi connectivity index (χ2n) is 5.99. The molecule has 1 unspecified atom stereocenters. The normalized spacial score (nSPS) is 17.6. The Morgan fingerprint density at radius 2 is 2.17 bits per heavy atom. The van der Waals surface area contributed by atoms with E-state index in [0.29, 0.717) is 22.4 Å². The van der Waals surface area contributed by atoms with E-state index in [1.54, 1.807) is 30.3 Å². The fourth-order valence-electron chi connectivity index (χ4n) is 3.09. The molecular formula is C18H21ClN4O. The van der Waals surface area contributed by atoms with Crippen LogP contribution in [0.5, 0.6) is 0 Å². The molecule has 126 valence electrons. The summed E-state index contributed by atoms with van der Waals surface area (Å²) in [7, 11) is 0. The van der Waals surface area contributed by atoms with Crippen LogP contribution in [-0.4, -0.2) is 28.7 Å². The number of nitrogens with one attached hydrogen (secondary N) is 1. The largest absolute Gasteiger partial charge is 0.352 e. The van der Waals surface area contributed by atoms with Gasteiger partial charge >= 0.3 is 0 Å². The first-order chi connectivity index (χ1) is 11.7. The predicted molar refractivity (Wildman–Crippen MR) is 96.7 cm³/mol. The highest BCUT2D eigenvalue weighted by Gasteiger charge is 2.22. The molecule has 0 spiro atoms. The molecule has 1 aliphatic heterocycles. The highest BCUT2D eigenvalue weighted by Crippen LogP contribution is 2.24. The molecule has 1 saturated heterocycles. The number of halogens is 1. The molecule has 24 heavy (non-hydrogen) atoms. The van der Waals surface area contributed by atoms with Crippen LogP contribution in [0.1, 0.15) is 43.1 Å². The Bertz CT molecular complexity index is 704. The van der Waals surface area contributed by atoms with Crippen molar-refractivity contribution in [1.82, 2.24) is 10.2 Å². The summed E-state index contributed by atoms with van der Waals surface area (Å²) in [4.78, 5) is 14.6. The minimum Gasteiger partial charge on any atom is -0.352 e. The minimum atomic E-state index is -0.290. The van der Waals surface area contributed by atoms with Crippen molar-refractivity contribution in [3.63, 3.8) is 0 Å². The van der Waals surface area contributed by atoms with Gasteiger partial charge in [-0.15, -0.1) is 10.2 Å². The average Bonchev–Trinajstić information content (AvgIpc) is 2.62. The van der Waals surface area contributed by atoms with Gasteiger partial charge in [0.25, 0.3) is 5.91 Å². The zero-order valence-electron chi connectivity index (χ0n) is 13.7. The summed E-state index contributed by atoms with van der Waals surface area (Å²) in [6, 6.07) is 11.1. The van der Waals surface area contributed by atoms with Gasteiger partial charge in [0, 0.05) is 23.3 Å². The SMILES string of the molecule is CCC1CCCCN1c1ccc(C(=O)Nc2cccc(Cl)c2)nn1. The Hall–Kier alpha value is -2.14. The average molecular weight is 345 g/mol. The van der Waals surface area contributed by atoms with Crippen molar-refractivity contribution in [2.45, 2.75) is 38.6 Å². The van der Waals surface area contributed by atoms with E-state index in [1.807, 2.05) is 6.07 Å². The molecule has 6 heteroatoms. The van der Waals surface area contributed by atoms with Crippen LogP contribution in [0.4, 0.5) is 11.5 Å². The topological polar surface area (TPSA) is 58.1 Å².